The maximum atomic E-state index is 9.65. The molecule has 6 heteroatoms. The van der Waals surface area contributed by atoms with Crippen LogP contribution in [0.1, 0.15) is 16.7 Å². The Morgan fingerprint density at radius 3 is 2.67 bits per heavy atom. The van der Waals surface area contributed by atoms with Gasteiger partial charge in [0, 0.05) is 17.5 Å². The number of hydrogen-bond donors (Lipinski definition) is 1. The van der Waals surface area contributed by atoms with Crippen molar-refractivity contribution >= 4 is 11.3 Å². The molecule has 0 fully saturated rings. The maximum absolute atomic E-state index is 9.65. The van der Waals surface area contributed by atoms with Crippen molar-refractivity contribution in [3.63, 3.8) is 0 Å². The molecule has 0 spiro atoms. The van der Waals surface area contributed by atoms with Gasteiger partial charge in [-0.3, -0.25) is 0 Å². The van der Waals surface area contributed by atoms with E-state index in [1.54, 1.807) is 0 Å². The molecule has 0 unspecified atom stereocenters. The van der Waals surface area contributed by atoms with Crippen molar-refractivity contribution in [1.29, 1.82) is 5.26 Å². The van der Waals surface area contributed by atoms with Gasteiger partial charge in [-0.2, -0.15) is 5.26 Å². The Morgan fingerprint density at radius 2 is 1.89 bits per heavy atom. The first-order chi connectivity index (χ1) is 13.3. The zero-order valence-electron chi connectivity index (χ0n) is 14.8. The van der Waals surface area contributed by atoms with E-state index in [0.29, 0.717) is 23.0 Å². The molecule has 0 aliphatic carbocycles. The van der Waals surface area contributed by atoms with Crippen molar-refractivity contribution in [3.05, 3.63) is 64.5 Å². The lowest BCUT2D eigenvalue weighted by molar-refractivity contribution is 0.174. The van der Waals surface area contributed by atoms with Crippen molar-refractivity contribution in [2.45, 2.75) is 13.2 Å². The first kappa shape index (κ1) is 17.4. The first-order valence-corrected chi connectivity index (χ1v) is 9.43. The molecule has 27 heavy (non-hydrogen) atoms. The van der Waals surface area contributed by atoms with Gasteiger partial charge in [-0.25, -0.2) is 0 Å². The van der Waals surface area contributed by atoms with Gasteiger partial charge in [0.2, 0.25) is 6.79 Å². The van der Waals surface area contributed by atoms with Gasteiger partial charge in [-0.05, 0) is 35.9 Å². The van der Waals surface area contributed by atoms with Crippen molar-refractivity contribution in [3.8, 4) is 33.8 Å². The van der Waals surface area contributed by atoms with E-state index in [2.05, 4.69) is 23.5 Å². The highest BCUT2D eigenvalue weighted by Gasteiger charge is 2.18. The second-order valence-corrected chi connectivity index (χ2v) is 6.97. The van der Waals surface area contributed by atoms with Gasteiger partial charge in [0.1, 0.15) is 18.2 Å². The van der Waals surface area contributed by atoms with Crippen LogP contribution in [0.2, 0.25) is 0 Å². The lowest BCUT2D eigenvalue weighted by Gasteiger charge is -2.07. The Balaban J connectivity index is 1.52. The summed E-state index contributed by atoms with van der Waals surface area (Å²) in [5, 5.41) is 15.4. The molecule has 0 atom stereocenters. The molecule has 3 aromatic rings. The molecule has 0 bridgehead atoms. The molecule has 0 saturated heterocycles. The number of ether oxygens (including phenoxy) is 3. The molecular formula is C21H18N2O3S. The highest BCUT2D eigenvalue weighted by molar-refractivity contribution is 7.12. The summed E-state index contributed by atoms with van der Waals surface area (Å²) in [7, 11) is 1.93. The van der Waals surface area contributed by atoms with E-state index >= 15 is 0 Å². The van der Waals surface area contributed by atoms with E-state index in [0.717, 1.165) is 29.0 Å². The molecule has 0 amide bonds. The van der Waals surface area contributed by atoms with E-state index in [4.69, 9.17) is 14.2 Å². The molecule has 1 aromatic heterocycles. The van der Waals surface area contributed by atoms with Crippen LogP contribution < -0.4 is 19.5 Å². The summed E-state index contributed by atoms with van der Waals surface area (Å²) >= 11 is 1.43. The summed E-state index contributed by atoms with van der Waals surface area (Å²) < 4.78 is 16.7. The fraction of sp³-hybridized carbons (Fsp3) is 0.190. The lowest BCUT2D eigenvalue weighted by Crippen LogP contribution is -2.05. The Hall–Kier alpha value is -3.01. The quantitative estimate of drug-likeness (QED) is 0.692. The van der Waals surface area contributed by atoms with Gasteiger partial charge in [0.15, 0.2) is 16.6 Å². The fourth-order valence-electron chi connectivity index (χ4n) is 2.94. The summed E-state index contributed by atoms with van der Waals surface area (Å²) in [6.45, 7) is 1.49. The van der Waals surface area contributed by atoms with E-state index < -0.39 is 0 Å². The molecule has 4 rings (SSSR count). The largest absolute Gasteiger partial charge is 0.478 e. The third kappa shape index (κ3) is 3.61. The molecule has 2 heterocycles. The molecule has 136 valence electrons. The van der Waals surface area contributed by atoms with Gasteiger partial charge in [-0.15, -0.1) is 11.3 Å². The summed E-state index contributed by atoms with van der Waals surface area (Å²) in [5.74, 6) is 1.43. The number of benzene rings is 2. The Bertz CT molecular complexity index is 990. The van der Waals surface area contributed by atoms with Crippen LogP contribution in [0.3, 0.4) is 0 Å². The molecule has 1 aliphatic heterocycles. The van der Waals surface area contributed by atoms with Crippen LogP contribution >= 0.6 is 11.3 Å². The third-order valence-electron chi connectivity index (χ3n) is 4.33. The average molecular weight is 378 g/mol. The van der Waals surface area contributed by atoms with E-state index in [-0.39, 0.29) is 6.79 Å². The fourth-order valence-corrected chi connectivity index (χ4v) is 3.81. The SMILES string of the molecule is CNCc1ccc(COc2scc(-c3ccc4c(c3)OCO4)c2C#N)cc1. The zero-order valence-corrected chi connectivity index (χ0v) is 15.6. The molecule has 5 nitrogen and oxygen atoms in total. The number of rotatable bonds is 6. The summed E-state index contributed by atoms with van der Waals surface area (Å²) in [6.07, 6.45) is 0. The molecule has 1 N–H and O–H groups in total. The molecular weight excluding hydrogens is 360 g/mol. The number of fused-ring (bicyclic) bond motifs is 1. The number of hydrogen-bond acceptors (Lipinski definition) is 6. The minimum absolute atomic E-state index is 0.231. The van der Waals surface area contributed by atoms with Crippen LogP contribution in [0.5, 0.6) is 16.6 Å². The normalized spacial score (nSPS) is 12.0. The molecule has 0 radical (unpaired) electrons. The van der Waals surface area contributed by atoms with E-state index in [1.165, 1.54) is 16.9 Å². The van der Waals surface area contributed by atoms with Crippen LogP contribution in [0, 0.1) is 11.3 Å². The Morgan fingerprint density at radius 1 is 1.11 bits per heavy atom. The second-order valence-electron chi connectivity index (χ2n) is 6.13. The Labute approximate surface area is 161 Å². The summed E-state index contributed by atoms with van der Waals surface area (Å²) in [4.78, 5) is 0. The number of nitriles is 1. The van der Waals surface area contributed by atoms with Crippen LogP contribution in [0.25, 0.3) is 11.1 Å². The Kier molecular flexibility index (Phi) is 4.97. The van der Waals surface area contributed by atoms with Crippen LogP contribution in [-0.2, 0) is 13.2 Å². The first-order valence-electron chi connectivity index (χ1n) is 8.55. The number of nitrogens with one attached hydrogen (secondary N) is 1. The van der Waals surface area contributed by atoms with Crippen LogP contribution in [-0.4, -0.2) is 13.8 Å². The number of thiophene rings is 1. The number of nitrogens with zero attached hydrogens (tertiary/aromatic N) is 1. The predicted octanol–water partition coefficient (Wildman–Crippen LogP) is 4.31. The van der Waals surface area contributed by atoms with Crippen molar-refractivity contribution in [2.24, 2.45) is 0 Å². The van der Waals surface area contributed by atoms with Gasteiger partial charge < -0.3 is 19.5 Å². The van der Waals surface area contributed by atoms with Gasteiger partial charge in [0.05, 0.1) is 0 Å². The second kappa shape index (κ2) is 7.70. The third-order valence-corrected chi connectivity index (χ3v) is 5.22. The minimum atomic E-state index is 0.231. The smallest absolute Gasteiger partial charge is 0.231 e. The van der Waals surface area contributed by atoms with Crippen molar-refractivity contribution in [2.75, 3.05) is 13.8 Å². The van der Waals surface area contributed by atoms with Gasteiger partial charge in [0.25, 0.3) is 0 Å². The molecule has 2 aromatic carbocycles. The standard InChI is InChI=1S/C21H18N2O3S/c1-23-10-14-2-4-15(5-3-14)11-24-21-17(9-22)18(12-27-21)16-6-7-19-20(8-16)26-13-25-19/h2-8,12,23H,10-11,13H2,1H3. The average Bonchev–Trinajstić information content (AvgIpc) is 3.33. The zero-order chi connectivity index (χ0) is 18.6. The van der Waals surface area contributed by atoms with Crippen LogP contribution in [0.4, 0.5) is 0 Å². The highest BCUT2D eigenvalue weighted by Crippen LogP contribution is 2.41. The lowest BCUT2D eigenvalue weighted by atomic mass is 10.0. The van der Waals surface area contributed by atoms with Crippen molar-refractivity contribution in [1.82, 2.24) is 5.32 Å². The van der Waals surface area contributed by atoms with E-state index in [9.17, 15) is 5.26 Å². The van der Waals surface area contributed by atoms with Gasteiger partial charge >= 0.3 is 0 Å². The summed E-state index contributed by atoms with van der Waals surface area (Å²) in [5.41, 5.74) is 4.60. The monoisotopic (exact) mass is 378 g/mol. The van der Waals surface area contributed by atoms with Crippen LogP contribution in [0.15, 0.2) is 47.8 Å². The topological polar surface area (TPSA) is 63.5 Å². The van der Waals surface area contributed by atoms with Gasteiger partial charge in [-0.1, -0.05) is 30.3 Å². The molecule has 1 aliphatic rings. The summed E-state index contributed by atoms with van der Waals surface area (Å²) in [6, 6.07) is 16.2. The highest BCUT2D eigenvalue weighted by atomic mass is 32.1. The van der Waals surface area contributed by atoms with Crippen molar-refractivity contribution < 1.29 is 14.2 Å². The maximum Gasteiger partial charge on any atom is 0.231 e. The minimum Gasteiger partial charge on any atom is -0.478 e. The van der Waals surface area contributed by atoms with E-state index in [1.807, 2.05) is 42.8 Å². The predicted molar refractivity (Wildman–Crippen MR) is 104 cm³/mol. The molecule has 0 saturated carbocycles.